The van der Waals surface area contributed by atoms with Crippen LogP contribution in [-0.2, 0) is 44.8 Å². The molecule has 20 nitrogen and oxygen atoms in total. The van der Waals surface area contributed by atoms with Crippen LogP contribution in [0.2, 0.25) is 0 Å². The maximum atomic E-state index is 13.5. The molecule has 0 radical (unpaired) electrons. The Morgan fingerprint density at radius 3 is 1.81 bits per heavy atom. The highest BCUT2D eigenvalue weighted by molar-refractivity contribution is 5.97. The fraction of sp³-hybridized carbons (Fsp3) is 0.559. The van der Waals surface area contributed by atoms with E-state index in [9.17, 15) is 43.5 Å². The Balaban J connectivity index is 2.99. The average Bonchev–Trinajstić information content (AvgIpc) is 3.11. The molecule has 54 heavy (non-hydrogen) atoms. The van der Waals surface area contributed by atoms with Crippen molar-refractivity contribution in [1.82, 2.24) is 31.9 Å². The van der Waals surface area contributed by atoms with Crippen LogP contribution in [-0.4, -0.2) is 108 Å². The van der Waals surface area contributed by atoms with Gasteiger partial charge in [0.15, 0.2) is 5.96 Å². The number of nitrogens with one attached hydrogen (secondary N) is 6. The minimum Gasteiger partial charge on any atom is -0.480 e. The molecule has 0 aliphatic carbocycles. The third-order valence-corrected chi connectivity index (χ3v) is 8.17. The number of carboxylic acids is 1. The predicted octanol–water partition coefficient (Wildman–Crippen LogP) is -3.56. The molecular formula is C34H55N11O9. The van der Waals surface area contributed by atoms with Gasteiger partial charge in [-0.05, 0) is 30.2 Å². The van der Waals surface area contributed by atoms with Crippen molar-refractivity contribution < 1.29 is 43.5 Å². The molecule has 20 heteroatoms. The van der Waals surface area contributed by atoms with E-state index in [0.29, 0.717) is 18.4 Å². The van der Waals surface area contributed by atoms with Gasteiger partial charge < -0.3 is 59.9 Å². The van der Waals surface area contributed by atoms with Gasteiger partial charge in [0.1, 0.15) is 24.2 Å². The van der Waals surface area contributed by atoms with Crippen LogP contribution in [0.15, 0.2) is 35.3 Å². The van der Waals surface area contributed by atoms with Crippen molar-refractivity contribution in [2.45, 2.75) is 90.0 Å². The van der Waals surface area contributed by atoms with Crippen LogP contribution in [0.1, 0.15) is 58.9 Å². The number of rotatable bonds is 24. The average molecular weight is 762 g/mol. The number of hydrogen-bond donors (Lipinski definition) is 11. The Bertz CT molecular complexity index is 1490. The first-order valence-corrected chi connectivity index (χ1v) is 17.5. The molecule has 15 N–H and O–H groups in total. The van der Waals surface area contributed by atoms with E-state index in [-0.39, 0.29) is 25.3 Å². The predicted molar refractivity (Wildman–Crippen MR) is 198 cm³/mol. The molecule has 0 unspecified atom stereocenters. The summed E-state index contributed by atoms with van der Waals surface area (Å²) in [5.41, 5.74) is 22.7. The lowest BCUT2D eigenvalue weighted by atomic mass is 9.98. The quantitative estimate of drug-likeness (QED) is 0.0277. The number of aliphatic imine (C=N–C) groups is 1. The zero-order valence-corrected chi connectivity index (χ0v) is 31.1. The Hall–Kier alpha value is -5.79. The maximum absolute atomic E-state index is 13.5. The van der Waals surface area contributed by atoms with E-state index in [4.69, 9.17) is 22.9 Å². The van der Waals surface area contributed by atoms with Crippen molar-refractivity contribution in [3.05, 3.63) is 35.9 Å². The highest BCUT2D eigenvalue weighted by atomic mass is 16.4. The second-order valence-corrected chi connectivity index (χ2v) is 13.0. The molecule has 0 aliphatic heterocycles. The first-order chi connectivity index (χ1) is 25.4. The van der Waals surface area contributed by atoms with E-state index in [1.807, 2.05) is 0 Å². The van der Waals surface area contributed by atoms with Crippen LogP contribution in [0.5, 0.6) is 0 Å². The zero-order valence-electron chi connectivity index (χ0n) is 31.1. The number of guanidine groups is 1. The van der Waals surface area contributed by atoms with E-state index in [2.05, 4.69) is 36.9 Å². The Labute approximate surface area is 313 Å². The van der Waals surface area contributed by atoms with Gasteiger partial charge >= 0.3 is 5.97 Å². The summed E-state index contributed by atoms with van der Waals surface area (Å²) in [5.74, 6) is -7.90. The molecule has 6 atom stereocenters. The second kappa shape index (κ2) is 23.7. The van der Waals surface area contributed by atoms with E-state index >= 15 is 0 Å². The highest BCUT2D eigenvalue weighted by Crippen LogP contribution is 2.09. The molecule has 0 heterocycles. The van der Waals surface area contributed by atoms with Gasteiger partial charge in [-0.15, -0.1) is 0 Å². The molecule has 300 valence electrons. The minimum absolute atomic E-state index is 0.00889. The normalized spacial score (nSPS) is 14.1. The molecule has 1 aromatic carbocycles. The second-order valence-electron chi connectivity index (χ2n) is 13.0. The fourth-order valence-corrected chi connectivity index (χ4v) is 4.90. The molecule has 0 bridgehead atoms. The minimum atomic E-state index is -1.56. The number of nitrogens with two attached hydrogens (primary N) is 4. The van der Waals surface area contributed by atoms with Gasteiger partial charge in [0.25, 0.3) is 0 Å². The van der Waals surface area contributed by atoms with Crippen LogP contribution in [0.4, 0.5) is 0 Å². The molecule has 0 saturated heterocycles. The monoisotopic (exact) mass is 761 g/mol. The fourth-order valence-electron chi connectivity index (χ4n) is 4.90. The molecule has 0 spiro atoms. The first kappa shape index (κ1) is 46.2. The van der Waals surface area contributed by atoms with Crippen LogP contribution >= 0.6 is 0 Å². The smallest absolute Gasteiger partial charge is 0.326 e. The highest BCUT2D eigenvalue weighted by Gasteiger charge is 2.31. The summed E-state index contributed by atoms with van der Waals surface area (Å²) in [6, 6.07) is 2.52. The lowest BCUT2D eigenvalue weighted by Crippen LogP contribution is -2.58. The lowest BCUT2D eigenvalue weighted by molar-refractivity contribution is -0.143. The number of nitrogens with zero attached hydrogens (tertiary/aromatic N) is 1. The summed E-state index contributed by atoms with van der Waals surface area (Å²) in [5, 5.41) is 23.8. The van der Waals surface area contributed by atoms with Crippen molar-refractivity contribution in [2.24, 2.45) is 39.8 Å². The third-order valence-electron chi connectivity index (χ3n) is 8.17. The van der Waals surface area contributed by atoms with Gasteiger partial charge in [-0.1, -0.05) is 64.4 Å². The third kappa shape index (κ3) is 17.6. The van der Waals surface area contributed by atoms with Crippen LogP contribution in [0.25, 0.3) is 0 Å². The standard InChI is InChI=1S/C34H55N11O9/c1-5-19(4)28(32(52)41-17-25(47)44-27(18(2)3)33(53)54)45-26(48)16-40-30(50)23(15-24(36)46)43-31(51)22(14-20-10-7-6-8-11-20)42-29(49)21(35)12-9-13-39-34(37)38/h6-8,10-11,18-19,21-23,27-28H,5,9,12-17,35H2,1-4H3,(H2,36,46)(H,40,50)(H,41,52)(H,42,49)(H,43,51)(H,44,47)(H,45,48)(H,53,54)(H4,37,38,39)/t19-,21-,22-,23-,27-,28-/m0/s1. The maximum Gasteiger partial charge on any atom is 0.326 e. The van der Waals surface area contributed by atoms with Crippen molar-refractivity contribution >= 4 is 53.3 Å². The number of benzene rings is 1. The van der Waals surface area contributed by atoms with Gasteiger partial charge in [-0.25, -0.2) is 4.79 Å². The van der Waals surface area contributed by atoms with Gasteiger partial charge in [0.2, 0.25) is 41.4 Å². The largest absolute Gasteiger partial charge is 0.480 e. The van der Waals surface area contributed by atoms with E-state index < -0.39 is 109 Å². The number of primary amides is 1. The van der Waals surface area contributed by atoms with Gasteiger partial charge in [-0.2, -0.15) is 0 Å². The lowest BCUT2D eigenvalue weighted by Gasteiger charge is -2.25. The zero-order chi connectivity index (χ0) is 41.0. The summed E-state index contributed by atoms with van der Waals surface area (Å²) < 4.78 is 0. The molecule has 0 saturated carbocycles. The summed E-state index contributed by atoms with van der Waals surface area (Å²) in [6.07, 6.45) is 0.336. The van der Waals surface area contributed by atoms with Crippen LogP contribution in [0, 0.1) is 11.8 Å². The van der Waals surface area contributed by atoms with Crippen molar-refractivity contribution in [1.29, 1.82) is 0 Å². The van der Waals surface area contributed by atoms with Gasteiger partial charge in [0.05, 0.1) is 25.6 Å². The van der Waals surface area contributed by atoms with Crippen molar-refractivity contribution in [2.75, 3.05) is 19.6 Å². The van der Waals surface area contributed by atoms with Gasteiger partial charge in [0, 0.05) is 13.0 Å². The number of carbonyl (C=O) groups is 8. The van der Waals surface area contributed by atoms with E-state index in [1.54, 1.807) is 58.0 Å². The van der Waals surface area contributed by atoms with Crippen molar-refractivity contribution in [3.63, 3.8) is 0 Å². The molecule has 7 amide bonds. The summed E-state index contributed by atoms with van der Waals surface area (Å²) in [7, 11) is 0. The van der Waals surface area contributed by atoms with E-state index in [0.717, 1.165) is 0 Å². The number of amides is 7. The molecular weight excluding hydrogens is 706 g/mol. The Morgan fingerprint density at radius 1 is 0.741 bits per heavy atom. The van der Waals surface area contributed by atoms with Crippen molar-refractivity contribution in [3.8, 4) is 0 Å². The molecule has 0 aliphatic rings. The first-order valence-electron chi connectivity index (χ1n) is 17.5. The van der Waals surface area contributed by atoms with Gasteiger partial charge in [-0.3, -0.25) is 38.6 Å². The summed E-state index contributed by atoms with van der Waals surface area (Å²) >= 11 is 0. The number of aliphatic carboxylic acids is 1. The number of carboxylic acid groups (broad SMARTS) is 1. The Kier molecular flexibility index (Phi) is 20.3. The molecule has 0 aromatic heterocycles. The SMILES string of the molecule is CC[C@H](C)[C@H](NC(=O)CNC(=O)[C@H](CC(N)=O)NC(=O)[C@H](Cc1ccccc1)NC(=O)[C@@H](N)CCCN=C(N)N)C(=O)NCC(=O)N[C@H](C(=O)O)C(C)C. The summed E-state index contributed by atoms with van der Waals surface area (Å²) in [4.78, 5) is 105. The number of hydrogen-bond acceptors (Lipinski definition) is 10. The van der Waals surface area contributed by atoms with Crippen LogP contribution < -0.4 is 54.8 Å². The summed E-state index contributed by atoms with van der Waals surface area (Å²) in [6.45, 7) is 5.65. The number of carbonyl (C=O) groups excluding carboxylic acids is 7. The topological polar surface area (TPSA) is 345 Å². The van der Waals surface area contributed by atoms with E-state index in [1.165, 1.54) is 0 Å². The van der Waals surface area contributed by atoms with Crippen LogP contribution in [0.3, 0.4) is 0 Å². The molecule has 1 aromatic rings. The molecule has 1 rings (SSSR count). The Morgan fingerprint density at radius 2 is 1.30 bits per heavy atom. The molecule has 0 fully saturated rings.